The second-order valence-corrected chi connectivity index (χ2v) is 5.05. The van der Waals surface area contributed by atoms with Gasteiger partial charge in [-0.15, -0.1) is 0 Å². The van der Waals surface area contributed by atoms with Gasteiger partial charge in [0, 0.05) is 12.3 Å². The second-order valence-electron chi connectivity index (χ2n) is 3.22. The highest BCUT2D eigenvalue weighted by Gasteiger charge is 2.14. The molecule has 6 nitrogen and oxygen atoms in total. The molecule has 0 unspecified atom stereocenters. The van der Waals surface area contributed by atoms with Crippen molar-refractivity contribution in [1.29, 1.82) is 0 Å². The average Bonchev–Trinajstić information content (AvgIpc) is 2.63. The van der Waals surface area contributed by atoms with E-state index in [1.807, 2.05) is 0 Å². The highest BCUT2D eigenvalue weighted by atomic mass is 35.5. The fraction of sp³-hybridized carbons (Fsp3) is 0. The number of halogens is 1. The van der Waals surface area contributed by atoms with Crippen molar-refractivity contribution in [3.63, 3.8) is 0 Å². The molecule has 0 bridgehead atoms. The van der Waals surface area contributed by atoms with E-state index in [1.165, 1.54) is 18.3 Å². The maximum Gasteiger partial charge on any atom is 0.294 e. The third-order valence-corrected chi connectivity index (χ3v) is 3.28. The van der Waals surface area contributed by atoms with Crippen LogP contribution in [0.5, 0.6) is 0 Å². The quantitative estimate of drug-likeness (QED) is 0.801. The Morgan fingerprint density at radius 3 is 2.53 bits per heavy atom. The summed E-state index contributed by atoms with van der Waals surface area (Å²) in [5.74, 6) is 0. The van der Waals surface area contributed by atoms with Crippen LogP contribution in [0.1, 0.15) is 0 Å². The topological polar surface area (TPSA) is 92.2 Å². The molecule has 1 heterocycles. The molecule has 0 fully saturated rings. The summed E-state index contributed by atoms with van der Waals surface area (Å²) in [5.41, 5.74) is -0.240. The van der Waals surface area contributed by atoms with Crippen molar-refractivity contribution in [3.05, 3.63) is 45.8 Å². The van der Waals surface area contributed by atoms with Crippen molar-refractivity contribution in [2.24, 2.45) is 0 Å². The van der Waals surface area contributed by atoms with Gasteiger partial charge in [0.15, 0.2) is 0 Å². The Morgan fingerprint density at radius 1 is 1.29 bits per heavy atom. The van der Waals surface area contributed by atoms with Crippen LogP contribution in [-0.2, 0) is 10.1 Å². The van der Waals surface area contributed by atoms with Crippen LogP contribution in [0.3, 0.4) is 0 Å². The molecule has 0 aliphatic heterocycles. The lowest BCUT2D eigenvalue weighted by atomic mass is 10.3. The summed E-state index contributed by atoms with van der Waals surface area (Å²) < 4.78 is 31.9. The van der Waals surface area contributed by atoms with E-state index in [4.69, 9.17) is 16.2 Å². The first kappa shape index (κ1) is 11.9. The van der Waals surface area contributed by atoms with E-state index in [-0.39, 0.29) is 21.2 Å². The van der Waals surface area contributed by atoms with Crippen LogP contribution in [0.25, 0.3) is 5.69 Å². The van der Waals surface area contributed by atoms with E-state index in [0.29, 0.717) is 0 Å². The normalized spacial score (nSPS) is 11.6. The Morgan fingerprint density at radius 2 is 2.00 bits per heavy atom. The van der Waals surface area contributed by atoms with E-state index >= 15 is 0 Å². The van der Waals surface area contributed by atoms with Crippen LogP contribution in [0.15, 0.2) is 40.2 Å². The van der Waals surface area contributed by atoms with Gasteiger partial charge in [-0.1, -0.05) is 11.6 Å². The average molecular weight is 275 g/mol. The lowest BCUT2D eigenvalue weighted by Gasteiger charge is -2.06. The lowest BCUT2D eigenvalue weighted by molar-refractivity contribution is 0.483. The lowest BCUT2D eigenvalue weighted by Crippen LogP contribution is -2.14. The molecule has 2 aromatic rings. The molecule has 0 aliphatic rings. The zero-order chi connectivity index (χ0) is 12.6. The number of nitrogens with one attached hydrogen (secondary N) is 1. The van der Waals surface area contributed by atoms with Gasteiger partial charge in [0.1, 0.15) is 0 Å². The molecule has 17 heavy (non-hydrogen) atoms. The molecular formula is C9H7ClN2O4S. The molecule has 2 rings (SSSR count). The molecule has 8 heteroatoms. The van der Waals surface area contributed by atoms with Gasteiger partial charge < -0.3 is 0 Å². The van der Waals surface area contributed by atoms with Crippen molar-refractivity contribution in [2.75, 3.05) is 0 Å². The van der Waals surface area contributed by atoms with Crippen molar-refractivity contribution < 1.29 is 13.0 Å². The van der Waals surface area contributed by atoms with Crippen molar-refractivity contribution in [3.8, 4) is 5.69 Å². The van der Waals surface area contributed by atoms with Gasteiger partial charge in [0.2, 0.25) is 0 Å². The van der Waals surface area contributed by atoms with Gasteiger partial charge in [0.05, 0.1) is 15.6 Å². The minimum atomic E-state index is -4.33. The Labute approximate surface area is 101 Å². The molecule has 0 saturated carbocycles. The maximum atomic E-state index is 11.4. The van der Waals surface area contributed by atoms with Gasteiger partial charge >= 0.3 is 0 Å². The highest BCUT2D eigenvalue weighted by Crippen LogP contribution is 2.22. The number of H-pyrrole nitrogens is 1. The van der Waals surface area contributed by atoms with Gasteiger partial charge in [-0.3, -0.25) is 14.4 Å². The predicted molar refractivity (Wildman–Crippen MR) is 61.2 cm³/mol. The number of rotatable bonds is 2. The zero-order valence-corrected chi connectivity index (χ0v) is 9.86. The minimum Gasteiger partial charge on any atom is -0.298 e. The number of hydrogen-bond acceptors (Lipinski definition) is 3. The molecule has 90 valence electrons. The molecule has 0 atom stereocenters. The second kappa shape index (κ2) is 4.02. The smallest absolute Gasteiger partial charge is 0.294 e. The first-order chi connectivity index (χ1) is 7.89. The fourth-order valence-corrected chi connectivity index (χ4v) is 2.04. The van der Waals surface area contributed by atoms with E-state index in [2.05, 4.69) is 5.10 Å². The van der Waals surface area contributed by atoms with Crippen LogP contribution in [0, 0.1) is 0 Å². The number of aromatic amines is 1. The molecule has 2 N–H and O–H groups in total. The predicted octanol–water partition coefficient (Wildman–Crippen LogP) is 1.07. The number of benzene rings is 1. The van der Waals surface area contributed by atoms with Crippen molar-refractivity contribution >= 4 is 21.7 Å². The largest absolute Gasteiger partial charge is 0.298 e. The molecule has 1 aromatic carbocycles. The summed E-state index contributed by atoms with van der Waals surface area (Å²) in [4.78, 5) is 11.1. The standard InChI is InChI=1S/C9H7ClN2O4S/c10-7-2-1-6(17(14,15)16)5-8(7)12-9(13)3-4-11-12/h1-5,11H,(H,14,15,16). The molecule has 0 saturated heterocycles. The first-order valence-electron chi connectivity index (χ1n) is 4.43. The van der Waals surface area contributed by atoms with Crippen LogP contribution in [-0.4, -0.2) is 22.8 Å². The maximum absolute atomic E-state index is 11.4. The SMILES string of the molecule is O=c1cc[nH]n1-c1cc(S(=O)(=O)O)ccc1Cl. The van der Waals surface area contributed by atoms with E-state index in [9.17, 15) is 13.2 Å². The molecular weight excluding hydrogens is 268 g/mol. The third-order valence-electron chi connectivity index (χ3n) is 2.11. The number of hydrogen-bond donors (Lipinski definition) is 2. The molecule has 0 aliphatic carbocycles. The Balaban J connectivity index is 2.71. The zero-order valence-electron chi connectivity index (χ0n) is 8.29. The van der Waals surface area contributed by atoms with Crippen LogP contribution in [0.2, 0.25) is 5.02 Å². The van der Waals surface area contributed by atoms with Gasteiger partial charge in [-0.05, 0) is 18.2 Å². The number of nitrogens with zero attached hydrogens (tertiary/aromatic N) is 1. The Bertz CT molecular complexity index is 717. The monoisotopic (exact) mass is 274 g/mol. The molecule has 0 radical (unpaired) electrons. The Kier molecular flexibility index (Phi) is 2.82. The van der Waals surface area contributed by atoms with Gasteiger partial charge in [0.25, 0.3) is 15.7 Å². The highest BCUT2D eigenvalue weighted by molar-refractivity contribution is 7.85. The van der Waals surface area contributed by atoms with E-state index in [0.717, 1.165) is 16.8 Å². The third kappa shape index (κ3) is 2.26. The summed E-state index contributed by atoms with van der Waals surface area (Å²) in [6.07, 6.45) is 1.39. The van der Waals surface area contributed by atoms with Crippen LogP contribution >= 0.6 is 11.6 Å². The van der Waals surface area contributed by atoms with Crippen molar-refractivity contribution in [1.82, 2.24) is 9.78 Å². The minimum absolute atomic E-state index is 0.150. The van der Waals surface area contributed by atoms with Crippen molar-refractivity contribution in [2.45, 2.75) is 4.90 Å². The fourth-order valence-electron chi connectivity index (χ4n) is 1.33. The van der Waals surface area contributed by atoms with Crippen LogP contribution in [0.4, 0.5) is 0 Å². The van der Waals surface area contributed by atoms with Gasteiger partial charge in [-0.2, -0.15) is 8.42 Å². The summed E-state index contributed by atoms with van der Waals surface area (Å²) >= 11 is 5.85. The van der Waals surface area contributed by atoms with E-state index in [1.54, 1.807) is 0 Å². The summed E-state index contributed by atoms with van der Waals surface area (Å²) in [5, 5.41) is 2.77. The Hall–Kier alpha value is -1.57. The number of aromatic nitrogens is 2. The van der Waals surface area contributed by atoms with E-state index < -0.39 is 10.1 Å². The summed E-state index contributed by atoms with van der Waals surface area (Å²) in [6, 6.07) is 4.80. The molecule has 1 aromatic heterocycles. The summed E-state index contributed by atoms with van der Waals surface area (Å²) in [7, 11) is -4.33. The van der Waals surface area contributed by atoms with Crippen LogP contribution < -0.4 is 5.56 Å². The molecule has 0 amide bonds. The van der Waals surface area contributed by atoms with Gasteiger partial charge in [-0.25, -0.2) is 4.68 Å². The summed E-state index contributed by atoms with van der Waals surface area (Å²) in [6.45, 7) is 0. The first-order valence-corrected chi connectivity index (χ1v) is 6.25. The molecule has 0 spiro atoms.